The second-order valence-corrected chi connectivity index (χ2v) is 17.5. The summed E-state index contributed by atoms with van der Waals surface area (Å²) < 4.78 is 16.2. The Morgan fingerprint density at radius 2 is 0.625 bits per heavy atom. The lowest BCUT2D eigenvalue weighted by atomic mass is 9.99. The molecule has 0 unspecified atom stereocenters. The number of hydrogen-bond donors (Lipinski definition) is 0. The molecule has 64 heavy (non-hydrogen) atoms. The van der Waals surface area contributed by atoms with E-state index >= 15 is 0 Å². The van der Waals surface area contributed by atoms with E-state index in [1.807, 2.05) is 23.5 Å². The van der Waals surface area contributed by atoms with Gasteiger partial charge in [-0.3, -0.25) is 0 Å². The van der Waals surface area contributed by atoms with Crippen LogP contribution < -0.4 is 4.90 Å². The molecule has 300 valence electrons. The molecule has 0 aliphatic heterocycles. The maximum Gasteiger partial charge on any atom is 0.143 e. The van der Waals surface area contributed by atoms with Gasteiger partial charge in [-0.1, -0.05) is 182 Å². The fourth-order valence-corrected chi connectivity index (χ4v) is 10.8. The van der Waals surface area contributed by atoms with E-state index in [4.69, 9.17) is 8.83 Å². The van der Waals surface area contributed by atoms with Crippen LogP contribution in [0, 0.1) is 0 Å². The summed E-state index contributed by atoms with van der Waals surface area (Å²) in [6.07, 6.45) is 0. The monoisotopic (exact) mass is 835 g/mol. The quantitative estimate of drug-likeness (QED) is 0.160. The largest absolute Gasteiger partial charge is 0.455 e. The molecule has 13 aromatic rings. The Kier molecular flexibility index (Phi) is 8.40. The Morgan fingerprint density at radius 3 is 1.08 bits per heavy atom. The number of benzene rings is 10. The molecule has 0 N–H and O–H groups in total. The average molecular weight is 836 g/mol. The van der Waals surface area contributed by atoms with E-state index in [0.717, 1.165) is 105 Å². The lowest BCUT2D eigenvalue weighted by Crippen LogP contribution is -2.09. The summed E-state index contributed by atoms with van der Waals surface area (Å²) >= 11 is 1.84. The summed E-state index contributed by atoms with van der Waals surface area (Å²) in [7, 11) is 0. The molecule has 3 nitrogen and oxygen atoms in total. The van der Waals surface area contributed by atoms with Crippen LogP contribution in [0.4, 0.5) is 17.1 Å². The Hall–Kier alpha value is -8.18. The first-order valence-corrected chi connectivity index (χ1v) is 22.5. The van der Waals surface area contributed by atoms with Crippen molar-refractivity contribution in [1.29, 1.82) is 0 Å². The van der Waals surface area contributed by atoms with E-state index < -0.39 is 0 Å². The number of furan rings is 2. The highest BCUT2D eigenvalue weighted by molar-refractivity contribution is 7.25. The second kappa shape index (κ2) is 14.7. The van der Waals surface area contributed by atoms with Gasteiger partial charge in [0.1, 0.15) is 22.3 Å². The Labute approximate surface area is 373 Å². The van der Waals surface area contributed by atoms with Crippen molar-refractivity contribution in [2.45, 2.75) is 0 Å². The zero-order valence-electron chi connectivity index (χ0n) is 34.5. The predicted molar refractivity (Wildman–Crippen MR) is 270 cm³/mol. The molecule has 0 spiro atoms. The molecule has 0 atom stereocenters. The van der Waals surface area contributed by atoms with Crippen molar-refractivity contribution in [1.82, 2.24) is 0 Å². The van der Waals surface area contributed by atoms with Crippen LogP contribution in [-0.2, 0) is 0 Å². The van der Waals surface area contributed by atoms with Gasteiger partial charge in [0.05, 0.1) is 0 Å². The third-order valence-corrected chi connectivity index (χ3v) is 13.8. The van der Waals surface area contributed by atoms with Crippen molar-refractivity contribution in [3.8, 4) is 44.5 Å². The third-order valence-electron chi connectivity index (χ3n) is 12.7. The van der Waals surface area contributed by atoms with Crippen LogP contribution >= 0.6 is 11.3 Å². The molecule has 3 heterocycles. The smallest absolute Gasteiger partial charge is 0.143 e. The van der Waals surface area contributed by atoms with Crippen molar-refractivity contribution in [3.63, 3.8) is 0 Å². The van der Waals surface area contributed by atoms with Gasteiger partial charge >= 0.3 is 0 Å². The molecule has 0 aliphatic carbocycles. The van der Waals surface area contributed by atoms with Crippen molar-refractivity contribution in [3.05, 3.63) is 224 Å². The second-order valence-electron chi connectivity index (χ2n) is 16.4. The van der Waals surface area contributed by atoms with Gasteiger partial charge in [0.2, 0.25) is 0 Å². The molecule has 13 rings (SSSR count). The maximum atomic E-state index is 6.81. The predicted octanol–water partition coefficient (Wildman–Crippen LogP) is 18.0. The van der Waals surface area contributed by atoms with Gasteiger partial charge in [0.25, 0.3) is 0 Å². The maximum absolute atomic E-state index is 6.81. The molecule has 0 bridgehead atoms. The average Bonchev–Trinajstić information content (AvgIpc) is 4.06. The lowest BCUT2D eigenvalue weighted by Gasteiger charge is -2.26. The number of rotatable bonds is 7. The fraction of sp³-hybridized carbons (Fsp3) is 0. The summed E-state index contributed by atoms with van der Waals surface area (Å²) in [5.41, 5.74) is 15.6. The zero-order valence-corrected chi connectivity index (χ0v) is 35.4. The minimum atomic E-state index is 0.895. The van der Waals surface area contributed by atoms with Crippen LogP contribution in [0.1, 0.15) is 0 Å². The highest BCUT2D eigenvalue weighted by atomic mass is 32.1. The summed E-state index contributed by atoms with van der Waals surface area (Å²) in [6.45, 7) is 0. The zero-order chi connectivity index (χ0) is 42.1. The van der Waals surface area contributed by atoms with E-state index in [2.05, 4.69) is 217 Å². The molecule has 0 amide bonds. The third kappa shape index (κ3) is 5.88. The highest BCUT2D eigenvalue weighted by Gasteiger charge is 2.20. The molecule has 0 radical (unpaired) electrons. The van der Waals surface area contributed by atoms with Crippen molar-refractivity contribution < 1.29 is 8.83 Å². The van der Waals surface area contributed by atoms with Gasteiger partial charge in [0.15, 0.2) is 0 Å². The van der Waals surface area contributed by atoms with E-state index in [0.29, 0.717) is 0 Å². The van der Waals surface area contributed by atoms with Crippen LogP contribution in [0.5, 0.6) is 0 Å². The molecular weight excluding hydrogens is 799 g/mol. The minimum Gasteiger partial charge on any atom is -0.455 e. The topological polar surface area (TPSA) is 29.5 Å². The Balaban J connectivity index is 0.916. The van der Waals surface area contributed by atoms with E-state index in [1.54, 1.807) is 0 Å². The summed E-state index contributed by atoms with van der Waals surface area (Å²) in [5.74, 6) is 0. The van der Waals surface area contributed by atoms with Crippen molar-refractivity contribution >= 4 is 92.4 Å². The summed E-state index contributed by atoms with van der Waals surface area (Å²) in [5, 5.41) is 7.04. The number of hydrogen-bond acceptors (Lipinski definition) is 4. The molecule has 10 aromatic carbocycles. The van der Waals surface area contributed by atoms with Crippen LogP contribution in [0.3, 0.4) is 0 Å². The number of para-hydroxylation sites is 4. The number of thiophene rings is 1. The summed E-state index contributed by atoms with van der Waals surface area (Å²) in [4.78, 5) is 2.36. The van der Waals surface area contributed by atoms with Crippen LogP contribution in [-0.4, -0.2) is 0 Å². The fourth-order valence-electron chi connectivity index (χ4n) is 9.67. The minimum absolute atomic E-state index is 0.895. The standard InChI is InChI=1S/C60H37NO2S/c1-3-13-38(14-4-1)45-18-9-22-51-53-24-11-20-47(59(53)62-57(45)51)40-27-31-42(32-28-40)61(44-35-36-50-49-17-7-8-26-55(49)64-56(50)37-44)43-33-29-41(30-34-43)48-21-12-25-54-52-23-10-19-46(58(52)63-60(48)54)39-15-5-2-6-16-39/h1-37H. The van der Waals surface area contributed by atoms with Crippen LogP contribution in [0.15, 0.2) is 233 Å². The van der Waals surface area contributed by atoms with Gasteiger partial charge in [0, 0.05) is 81.0 Å². The van der Waals surface area contributed by atoms with Crippen molar-refractivity contribution in [2.75, 3.05) is 4.90 Å². The molecule has 0 saturated heterocycles. The highest BCUT2D eigenvalue weighted by Crippen LogP contribution is 2.45. The number of fused-ring (bicyclic) bond motifs is 9. The molecule has 0 fully saturated rings. The molecule has 0 saturated carbocycles. The SMILES string of the molecule is c1ccc(-c2cccc3c2oc2c(-c4ccc(N(c5ccc(-c6cccc7c6oc6c(-c8ccccc8)cccc67)cc5)c5ccc6c(c5)sc5ccccc56)cc4)cccc23)cc1. The molecule has 0 aliphatic rings. The van der Waals surface area contributed by atoms with Gasteiger partial charge in [-0.15, -0.1) is 11.3 Å². The normalized spacial score (nSPS) is 11.8. The lowest BCUT2D eigenvalue weighted by molar-refractivity contribution is 0.670. The number of nitrogens with zero attached hydrogens (tertiary/aromatic N) is 1. The number of anilines is 3. The molecule has 4 heteroatoms. The van der Waals surface area contributed by atoms with Crippen LogP contribution in [0.25, 0.3) is 109 Å². The van der Waals surface area contributed by atoms with Gasteiger partial charge < -0.3 is 13.7 Å². The molecule has 3 aromatic heterocycles. The van der Waals surface area contributed by atoms with Gasteiger partial charge in [-0.05, 0) is 64.7 Å². The first-order valence-electron chi connectivity index (χ1n) is 21.7. The van der Waals surface area contributed by atoms with E-state index in [9.17, 15) is 0 Å². The first kappa shape index (κ1) is 36.5. The van der Waals surface area contributed by atoms with Crippen molar-refractivity contribution in [2.24, 2.45) is 0 Å². The van der Waals surface area contributed by atoms with Gasteiger partial charge in [-0.25, -0.2) is 0 Å². The first-order chi connectivity index (χ1) is 31.7. The Bertz CT molecular complexity index is 3680. The van der Waals surface area contributed by atoms with Gasteiger partial charge in [-0.2, -0.15) is 0 Å². The Morgan fingerprint density at radius 1 is 0.266 bits per heavy atom. The molecular formula is C60H37NO2S. The van der Waals surface area contributed by atoms with E-state index in [1.165, 1.54) is 20.2 Å². The van der Waals surface area contributed by atoms with E-state index in [-0.39, 0.29) is 0 Å². The van der Waals surface area contributed by atoms with Crippen LogP contribution in [0.2, 0.25) is 0 Å². The summed E-state index contributed by atoms with van der Waals surface area (Å²) in [6, 6.07) is 80.1.